The van der Waals surface area contributed by atoms with E-state index >= 15 is 0 Å². The summed E-state index contributed by atoms with van der Waals surface area (Å²) in [4.78, 5) is 22.6. The molecule has 0 aliphatic heterocycles. The summed E-state index contributed by atoms with van der Waals surface area (Å²) in [6.07, 6.45) is 52.2. The first-order valence-corrected chi connectivity index (χ1v) is 22.7. The summed E-state index contributed by atoms with van der Waals surface area (Å²) in [5.41, 5.74) is 0. The van der Waals surface area contributed by atoms with Crippen LogP contribution in [0.25, 0.3) is 0 Å². The minimum absolute atomic E-state index is 0.0150. The smallest absolute Gasteiger partial charge is 0.457 e. The first kappa shape index (κ1) is 53.4. The monoisotopic (exact) mass is 805 g/mol. The van der Waals surface area contributed by atoms with Gasteiger partial charge in [0.2, 0.25) is 0 Å². The number of hydrogen-bond acceptors (Lipinski definition) is 8. The lowest BCUT2D eigenvalue weighted by molar-refractivity contribution is -0.154. The summed E-state index contributed by atoms with van der Waals surface area (Å²) in [5, 5.41) is 18.3. The number of aliphatic hydroxyl groups excluding tert-OH is 2. The van der Waals surface area contributed by atoms with Crippen molar-refractivity contribution in [3.8, 4) is 0 Å². The Morgan fingerprint density at radius 3 is 1.45 bits per heavy atom. The molecule has 0 aromatic heterocycles. The van der Waals surface area contributed by atoms with Crippen LogP contribution in [0.15, 0.2) is 97.2 Å². The molecule has 3 atom stereocenters. The second kappa shape index (κ2) is 42.0. The molecule has 0 bridgehead atoms. The second-order valence-corrected chi connectivity index (χ2v) is 15.0. The number of allylic oxidation sites excluding steroid dienone is 16. The number of phosphoric acid groups is 1. The van der Waals surface area contributed by atoms with Crippen LogP contribution in [0.1, 0.15) is 142 Å². The van der Waals surface area contributed by atoms with Crippen LogP contribution in [0, 0.1) is 0 Å². The average molecular weight is 805 g/mol. The molecule has 0 amide bonds. The van der Waals surface area contributed by atoms with Gasteiger partial charge in [-0.15, -0.1) is 0 Å². The molecule has 0 spiro atoms. The molecule has 0 saturated heterocycles. The summed E-state index contributed by atoms with van der Waals surface area (Å²) < 4.78 is 33.3. The normalized spacial score (nSPS) is 15.0. The molecule has 0 aromatic carbocycles. The predicted octanol–water partition coefficient (Wildman–Crippen LogP) is 11.7. The number of carbonyl (C=O) groups is 1. The van der Waals surface area contributed by atoms with Gasteiger partial charge in [0.25, 0.3) is 0 Å². The maximum atomic E-state index is 12.6. The molecule has 56 heavy (non-hydrogen) atoms. The van der Waals surface area contributed by atoms with Crippen LogP contribution in [0.5, 0.6) is 0 Å². The Hall–Kier alpha value is -2.62. The fourth-order valence-electron chi connectivity index (χ4n) is 5.10. The zero-order valence-corrected chi connectivity index (χ0v) is 35.7. The standard InChI is InChI=1S/C46H77O9P/c1-3-5-7-9-11-13-15-17-19-21-22-23-24-26-28-30-32-34-36-38-46(49)55-45(43-54-56(50,51)53-41-44(48)40-47)42-52-39-37-35-33-31-29-27-25-20-18-16-14-12-10-8-6-4-2/h5-8,11-14,17-20,22-23,27,29,44-45,47-48H,3-4,9-10,15-16,21,24-26,28,30-43H2,1-2H3,(H,50,51)/b7-5-,8-6-,13-11-,14-12-,19-17-,20-18-,23-22-,29-27-. The lowest BCUT2D eigenvalue weighted by Crippen LogP contribution is -2.29. The number of rotatable bonds is 39. The van der Waals surface area contributed by atoms with Gasteiger partial charge in [0, 0.05) is 13.0 Å². The molecule has 3 unspecified atom stereocenters. The summed E-state index contributed by atoms with van der Waals surface area (Å²) in [7, 11) is -4.54. The van der Waals surface area contributed by atoms with Gasteiger partial charge in [-0.05, 0) is 89.9 Å². The molecule has 0 saturated carbocycles. The predicted molar refractivity (Wildman–Crippen MR) is 232 cm³/mol. The van der Waals surface area contributed by atoms with E-state index < -0.39 is 45.8 Å². The highest BCUT2D eigenvalue weighted by molar-refractivity contribution is 7.47. The first-order valence-electron chi connectivity index (χ1n) is 21.2. The topological polar surface area (TPSA) is 132 Å². The summed E-state index contributed by atoms with van der Waals surface area (Å²) in [5.74, 6) is -0.413. The maximum absolute atomic E-state index is 12.6. The lowest BCUT2D eigenvalue weighted by Gasteiger charge is -2.20. The van der Waals surface area contributed by atoms with Crippen LogP contribution in [-0.4, -0.2) is 66.3 Å². The lowest BCUT2D eigenvalue weighted by atomic mass is 10.1. The fourth-order valence-corrected chi connectivity index (χ4v) is 5.89. The van der Waals surface area contributed by atoms with Crippen molar-refractivity contribution < 1.29 is 43.0 Å². The Morgan fingerprint density at radius 2 is 0.964 bits per heavy atom. The van der Waals surface area contributed by atoms with E-state index in [9.17, 15) is 19.4 Å². The van der Waals surface area contributed by atoms with E-state index in [-0.39, 0.29) is 13.0 Å². The zero-order valence-electron chi connectivity index (χ0n) is 34.8. The third kappa shape index (κ3) is 41.0. The number of unbranched alkanes of at least 4 members (excludes halogenated alkanes) is 9. The highest BCUT2D eigenvalue weighted by Crippen LogP contribution is 2.43. The average Bonchev–Trinajstić information content (AvgIpc) is 3.19. The van der Waals surface area contributed by atoms with Crippen LogP contribution < -0.4 is 0 Å². The van der Waals surface area contributed by atoms with Crippen molar-refractivity contribution in [2.75, 3.05) is 33.0 Å². The van der Waals surface area contributed by atoms with Gasteiger partial charge in [-0.2, -0.15) is 0 Å². The van der Waals surface area contributed by atoms with E-state index in [0.29, 0.717) is 13.0 Å². The van der Waals surface area contributed by atoms with E-state index in [2.05, 4.69) is 111 Å². The molecular formula is C46H77O9P. The van der Waals surface area contributed by atoms with Gasteiger partial charge < -0.3 is 24.6 Å². The molecule has 0 fully saturated rings. The van der Waals surface area contributed by atoms with Crippen LogP contribution >= 0.6 is 7.82 Å². The Bertz CT molecular complexity index is 1190. The molecule has 320 valence electrons. The molecule has 0 rings (SSSR count). The third-order valence-electron chi connectivity index (χ3n) is 8.27. The molecule has 0 aliphatic carbocycles. The number of phosphoric ester groups is 1. The number of aliphatic hydroxyl groups is 2. The van der Waals surface area contributed by atoms with Gasteiger partial charge in [-0.3, -0.25) is 13.8 Å². The van der Waals surface area contributed by atoms with E-state index in [1.165, 1.54) is 0 Å². The van der Waals surface area contributed by atoms with E-state index in [1.807, 2.05) is 0 Å². The van der Waals surface area contributed by atoms with Crippen molar-refractivity contribution in [3.63, 3.8) is 0 Å². The van der Waals surface area contributed by atoms with Crippen molar-refractivity contribution in [2.24, 2.45) is 0 Å². The quantitative estimate of drug-likeness (QED) is 0.0240. The van der Waals surface area contributed by atoms with E-state index in [4.69, 9.17) is 23.6 Å². The van der Waals surface area contributed by atoms with Crippen LogP contribution in [0.4, 0.5) is 0 Å². The van der Waals surface area contributed by atoms with Crippen molar-refractivity contribution in [2.45, 2.75) is 154 Å². The summed E-state index contributed by atoms with van der Waals surface area (Å²) in [6.45, 7) is 3.16. The van der Waals surface area contributed by atoms with Gasteiger partial charge in [-0.25, -0.2) is 4.57 Å². The molecule has 0 radical (unpaired) electrons. The molecular weight excluding hydrogens is 727 g/mol. The highest BCUT2D eigenvalue weighted by Gasteiger charge is 2.26. The molecule has 0 aromatic rings. The van der Waals surface area contributed by atoms with Crippen molar-refractivity contribution in [3.05, 3.63) is 97.2 Å². The van der Waals surface area contributed by atoms with E-state index in [0.717, 1.165) is 116 Å². The van der Waals surface area contributed by atoms with Crippen LogP contribution in [0.2, 0.25) is 0 Å². The van der Waals surface area contributed by atoms with Gasteiger partial charge in [0.05, 0.1) is 26.4 Å². The Morgan fingerprint density at radius 1 is 0.554 bits per heavy atom. The molecule has 9 nitrogen and oxygen atoms in total. The van der Waals surface area contributed by atoms with Crippen molar-refractivity contribution in [1.82, 2.24) is 0 Å². The van der Waals surface area contributed by atoms with Crippen molar-refractivity contribution in [1.29, 1.82) is 0 Å². The van der Waals surface area contributed by atoms with Crippen molar-refractivity contribution >= 4 is 13.8 Å². The minimum atomic E-state index is -4.54. The summed E-state index contributed by atoms with van der Waals surface area (Å²) >= 11 is 0. The van der Waals surface area contributed by atoms with Gasteiger partial charge in [0.1, 0.15) is 12.2 Å². The largest absolute Gasteiger partial charge is 0.472 e. The Balaban J connectivity index is 4.29. The van der Waals surface area contributed by atoms with Gasteiger partial charge >= 0.3 is 13.8 Å². The maximum Gasteiger partial charge on any atom is 0.472 e. The number of hydrogen-bond donors (Lipinski definition) is 3. The highest BCUT2D eigenvalue weighted by atomic mass is 31.2. The van der Waals surface area contributed by atoms with Gasteiger partial charge in [-0.1, -0.05) is 143 Å². The first-order chi connectivity index (χ1) is 27.3. The molecule has 3 N–H and O–H groups in total. The minimum Gasteiger partial charge on any atom is -0.457 e. The SMILES string of the molecule is CC/C=C\C/C=C\C/C=C\C/C=C\CCCCCCCCC(=O)OC(COCCCCC/C=C\C/C=C\C/C=C\C/C=C\CC)COP(=O)(O)OCC(O)CO. The molecule has 0 aliphatic rings. The Kier molecular flexibility index (Phi) is 40.0. The third-order valence-corrected chi connectivity index (χ3v) is 9.22. The number of ether oxygens (including phenoxy) is 2. The molecule has 10 heteroatoms. The number of carbonyl (C=O) groups excluding carboxylic acids is 1. The van der Waals surface area contributed by atoms with Gasteiger partial charge in [0.15, 0.2) is 0 Å². The molecule has 0 heterocycles. The second-order valence-electron chi connectivity index (χ2n) is 13.6. The Labute approximate surface area is 340 Å². The van der Waals surface area contributed by atoms with Crippen LogP contribution in [0.3, 0.4) is 0 Å². The number of esters is 1. The van der Waals surface area contributed by atoms with E-state index in [1.54, 1.807) is 0 Å². The zero-order chi connectivity index (χ0) is 41.1. The van der Waals surface area contributed by atoms with Crippen LogP contribution in [-0.2, 0) is 27.9 Å². The summed E-state index contributed by atoms with van der Waals surface area (Å²) in [6, 6.07) is 0. The fraction of sp³-hybridized carbons (Fsp3) is 0.630.